The Morgan fingerprint density at radius 1 is 0.708 bits per heavy atom. The number of rotatable bonds is 10. The molecule has 2 rings (SSSR count). The number of hydrogen-bond donors (Lipinski definition) is 0. The van der Waals surface area contributed by atoms with Crippen LogP contribution in [0.4, 0.5) is 0 Å². The maximum atomic E-state index is 2.48. The highest BCUT2D eigenvalue weighted by molar-refractivity contribution is 7.13. The van der Waals surface area contributed by atoms with E-state index >= 15 is 0 Å². The summed E-state index contributed by atoms with van der Waals surface area (Å²) in [6, 6.07) is 9.30. The minimum atomic E-state index is 0.510. The van der Waals surface area contributed by atoms with E-state index in [0.29, 0.717) is 5.92 Å². The predicted octanol–water partition coefficient (Wildman–Crippen LogP) is 5.65. The van der Waals surface area contributed by atoms with Crippen LogP contribution in [-0.4, -0.2) is 36.0 Å². The topological polar surface area (TPSA) is 6.48 Å². The molecule has 0 radical (unpaired) electrons. The van der Waals surface area contributed by atoms with Crippen molar-refractivity contribution < 1.29 is 0 Å². The first-order chi connectivity index (χ1) is 11.6. The Bertz CT molecular complexity index is 542. The smallest absolute Gasteiger partial charge is 0.0327 e. The van der Waals surface area contributed by atoms with E-state index in [9.17, 15) is 0 Å². The van der Waals surface area contributed by atoms with Crippen molar-refractivity contribution in [2.75, 3.05) is 26.2 Å². The molecule has 0 saturated carbocycles. The van der Waals surface area contributed by atoms with Crippen molar-refractivity contribution in [1.29, 1.82) is 0 Å². The van der Waals surface area contributed by atoms with E-state index < -0.39 is 0 Å². The molecule has 0 saturated heterocycles. The zero-order valence-electron chi connectivity index (χ0n) is 15.8. The Kier molecular flexibility index (Phi) is 7.95. The number of hydrogen-bond acceptors (Lipinski definition) is 4. The Hall–Kier alpha value is -0.680. The van der Waals surface area contributed by atoms with Gasteiger partial charge >= 0.3 is 0 Å². The lowest BCUT2D eigenvalue weighted by atomic mass is 10.1. The van der Waals surface area contributed by atoms with Gasteiger partial charge in [0.2, 0.25) is 0 Å². The summed E-state index contributed by atoms with van der Waals surface area (Å²) in [6.07, 6.45) is 0. The first kappa shape index (κ1) is 19.6. The third-order valence-electron chi connectivity index (χ3n) is 4.77. The van der Waals surface area contributed by atoms with Gasteiger partial charge in [0.05, 0.1) is 0 Å². The predicted molar refractivity (Wildman–Crippen MR) is 109 cm³/mol. The van der Waals surface area contributed by atoms with E-state index in [0.717, 1.165) is 39.3 Å². The third kappa shape index (κ3) is 5.16. The van der Waals surface area contributed by atoms with E-state index in [4.69, 9.17) is 0 Å². The fourth-order valence-corrected chi connectivity index (χ4v) is 5.23. The third-order valence-corrected chi connectivity index (χ3v) is 7.27. The maximum Gasteiger partial charge on any atom is 0.0327 e. The molecule has 2 aromatic heterocycles. The van der Waals surface area contributed by atoms with Gasteiger partial charge in [-0.3, -0.25) is 9.80 Å². The summed E-state index contributed by atoms with van der Waals surface area (Å²) in [4.78, 5) is 10.9. The molecule has 0 fully saturated rings. The summed E-state index contributed by atoms with van der Waals surface area (Å²) in [5, 5.41) is 0. The summed E-state index contributed by atoms with van der Waals surface area (Å²) in [7, 11) is 0. The first-order valence-corrected chi connectivity index (χ1v) is 10.9. The Morgan fingerprint density at radius 2 is 1.08 bits per heavy atom. The van der Waals surface area contributed by atoms with Gasteiger partial charge in [0.25, 0.3) is 0 Å². The number of thiophene rings is 2. The molecule has 2 nitrogen and oxygen atoms in total. The van der Waals surface area contributed by atoms with Crippen molar-refractivity contribution >= 4 is 22.7 Å². The summed E-state index contributed by atoms with van der Waals surface area (Å²) >= 11 is 3.96. The minimum absolute atomic E-state index is 0.510. The second-order valence-corrected chi connectivity index (χ2v) is 8.65. The molecule has 0 bridgehead atoms. The van der Waals surface area contributed by atoms with Crippen molar-refractivity contribution in [1.82, 2.24) is 9.80 Å². The molecule has 0 unspecified atom stereocenters. The Balaban J connectivity index is 2.02. The van der Waals surface area contributed by atoms with Gasteiger partial charge in [-0.2, -0.15) is 0 Å². The van der Waals surface area contributed by atoms with E-state index in [1.807, 2.05) is 22.7 Å². The highest BCUT2D eigenvalue weighted by atomic mass is 32.1. The van der Waals surface area contributed by atoms with Crippen LogP contribution in [0.2, 0.25) is 0 Å². The van der Waals surface area contributed by atoms with Crippen LogP contribution in [0.5, 0.6) is 0 Å². The SMILES string of the molecule is CCN(CC)Cc1ccc(C(C)c2ccc(CN(CC)CC)s2)s1. The lowest BCUT2D eigenvalue weighted by Crippen LogP contribution is -2.21. The van der Waals surface area contributed by atoms with Gasteiger partial charge in [-0.05, 0) is 50.4 Å². The van der Waals surface area contributed by atoms with E-state index in [-0.39, 0.29) is 0 Å². The van der Waals surface area contributed by atoms with Crippen LogP contribution in [-0.2, 0) is 13.1 Å². The summed E-state index contributed by atoms with van der Waals surface area (Å²) < 4.78 is 0. The average molecular weight is 365 g/mol. The summed E-state index contributed by atoms with van der Waals surface area (Å²) in [5.74, 6) is 0.510. The van der Waals surface area contributed by atoms with Crippen molar-refractivity contribution in [2.24, 2.45) is 0 Å². The highest BCUT2D eigenvalue weighted by Gasteiger charge is 2.15. The number of nitrogens with zero attached hydrogens (tertiary/aromatic N) is 2. The molecule has 0 amide bonds. The standard InChI is InChI=1S/C20H32N2S2/c1-6-21(7-2)14-17-10-12-19(23-17)16(5)20-13-11-18(24-20)15-22(8-3)9-4/h10-13,16H,6-9,14-15H2,1-5H3. The van der Waals surface area contributed by atoms with Crippen LogP contribution >= 0.6 is 22.7 Å². The van der Waals surface area contributed by atoms with Gasteiger partial charge in [0, 0.05) is 38.5 Å². The molecule has 0 N–H and O–H groups in total. The van der Waals surface area contributed by atoms with Crippen LogP contribution in [0, 0.1) is 0 Å². The lowest BCUT2D eigenvalue weighted by molar-refractivity contribution is 0.298. The summed E-state index contributed by atoms with van der Waals surface area (Å²) in [5.41, 5.74) is 0. The van der Waals surface area contributed by atoms with Gasteiger partial charge in [0.1, 0.15) is 0 Å². The van der Waals surface area contributed by atoms with Crippen molar-refractivity contribution in [2.45, 2.75) is 53.6 Å². The van der Waals surface area contributed by atoms with E-state index in [2.05, 4.69) is 68.7 Å². The Morgan fingerprint density at radius 3 is 1.42 bits per heavy atom. The van der Waals surface area contributed by atoms with Crippen molar-refractivity contribution in [3.8, 4) is 0 Å². The first-order valence-electron chi connectivity index (χ1n) is 9.23. The molecule has 0 aliphatic rings. The molecule has 4 heteroatoms. The van der Waals surface area contributed by atoms with Crippen LogP contribution in [0.3, 0.4) is 0 Å². The molecular weight excluding hydrogens is 332 g/mol. The van der Waals surface area contributed by atoms with Crippen molar-refractivity contribution in [3.05, 3.63) is 43.8 Å². The second-order valence-electron chi connectivity index (χ2n) is 6.25. The lowest BCUT2D eigenvalue weighted by Gasteiger charge is -2.16. The zero-order chi connectivity index (χ0) is 17.5. The van der Waals surface area contributed by atoms with Gasteiger partial charge in [-0.15, -0.1) is 22.7 Å². The zero-order valence-corrected chi connectivity index (χ0v) is 17.5. The molecule has 0 aliphatic carbocycles. The van der Waals surface area contributed by atoms with Gasteiger partial charge in [-0.25, -0.2) is 0 Å². The van der Waals surface area contributed by atoms with Gasteiger partial charge < -0.3 is 0 Å². The summed E-state index contributed by atoms with van der Waals surface area (Å²) in [6.45, 7) is 18.0. The van der Waals surface area contributed by atoms with Crippen molar-refractivity contribution in [3.63, 3.8) is 0 Å². The molecule has 0 aliphatic heterocycles. The van der Waals surface area contributed by atoms with Crippen LogP contribution in [0.25, 0.3) is 0 Å². The minimum Gasteiger partial charge on any atom is -0.299 e. The molecule has 2 heterocycles. The molecule has 0 aromatic carbocycles. The molecule has 0 spiro atoms. The second kappa shape index (κ2) is 9.71. The quantitative estimate of drug-likeness (QED) is 0.538. The normalized spacial score (nSPS) is 12.0. The van der Waals surface area contributed by atoms with E-state index in [1.54, 1.807) is 0 Å². The van der Waals surface area contributed by atoms with Crippen LogP contribution in [0.15, 0.2) is 24.3 Å². The highest BCUT2D eigenvalue weighted by Crippen LogP contribution is 2.34. The van der Waals surface area contributed by atoms with E-state index in [1.165, 1.54) is 19.5 Å². The fourth-order valence-electron chi connectivity index (χ4n) is 2.90. The van der Waals surface area contributed by atoms with Gasteiger partial charge in [-0.1, -0.05) is 34.6 Å². The van der Waals surface area contributed by atoms with Crippen LogP contribution < -0.4 is 0 Å². The average Bonchev–Trinajstić information content (AvgIpc) is 3.26. The Labute approximate surface area is 156 Å². The molecule has 24 heavy (non-hydrogen) atoms. The van der Waals surface area contributed by atoms with Gasteiger partial charge in [0.15, 0.2) is 0 Å². The molecule has 0 atom stereocenters. The fraction of sp³-hybridized carbons (Fsp3) is 0.600. The largest absolute Gasteiger partial charge is 0.299 e. The maximum absolute atomic E-state index is 2.48. The monoisotopic (exact) mass is 364 g/mol. The molecular formula is C20H32N2S2. The molecule has 2 aromatic rings. The van der Waals surface area contributed by atoms with Crippen LogP contribution in [0.1, 0.15) is 60.0 Å². The molecule has 134 valence electrons.